The molecule has 1 atom stereocenters. The first-order chi connectivity index (χ1) is 16.0. The molecule has 8 heteroatoms. The number of anilines is 1. The van der Waals surface area contributed by atoms with E-state index in [1.807, 2.05) is 54.6 Å². The van der Waals surface area contributed by atoms with Gasteiger partial charge in [0.15, 0.2) is 0 Å². The van der Waals surface area contributed by atoms with E-state index in [2.05, 4.69) is 23.3 Å². The van der Waals surface area contributed by atoms with Gasteiger partial charge < -0.3 is 25.0 Å². The minimum atomic E-state index is -0.732. The SMILES string of the molecule is COc1ccc(CN(CCS)C(=O)C(C)NC(=O)Nc2cccc3ccccc23)c(OC)c1. The molecule has 0 aliphatic carbocycles. The zero-order valence-electron chi connectivity index (χ0n) is 19.0. The molecule has 0 aliphatic heterocycles. The highest BCUT2D eigenvalue weighted by molar-refractivity contribution is 7.80. The number of fused-ring (bicyclic) bond motifs is 1. The molecule has 3 aromatic rings. The van der Waals surface area contributed by atoms with Crippen molar-refractivity contribution in [1.29, 1.82) is 0 Å². The third kappa shape index (κ3) is 6.10. The summed E-state index contributed by atoms with van der Waals surface area (Å²) >= 11 is 4.30. The van der Waals surface area contributed by atoms with Gasteiger partial charge in [0.2, 0.25) is 5.91 Å². The molecule has 0 bridgehead atoms. The normalized spacial score (nSPS) is 11.5. The van der Waals surface area contributed by atoms with E-state index in [9.17, 15) is 9.59 Å². The Morgan fingerprint density at radius 3 is 2.52 bits per heavy atom. The van der Waals surface area contributed by atoms with Gasteiger partial charge >= 0.3 is 6.03 Å². The molecule has 174 valence electrons. The molecule has 0 aliphatic rings. The summed E-state index contributed by atoms with van der Waals surface area (Å²) in [5.41, 5.74) is 1.52. The molecule has 3 rings (SSSR count). The van der Waals surface area contributed by atoms with Crippen molar-refractivity contribution in [2.75, 3.05) is 31.8 Å². The zero-order valence-corrected chi connectivity index (χ0v) is 19.9. The van der Waals surface area contributed by atoms with Crippen LogP contribution in [0.5, 0.6) is 11.5 Å². The molecule has 0 saturated carbocycles. The highest BCUT2D eigenvalue weighted by atomic mass is 32.1. The molecule has 0 spiro atoms. The van der Waals surface area contributed by atoms with Crippen LogP contribution in [0.15, 0.2) is 60.7 Å². The maximum absolute atomic E-state index is 13.1. The van der Waals surface area contributed by atoms with E-state index in [-0.39, 0.29) is 5.91 Å². The number of amides is 3. The lowest BCUT2D eigenvalue weighted by Crippen LogP contribution is -2.48. The highest BCUT2D eigenvalue weighted by Gasteiger charge is 2.23. The number of rotatable bonds is 9. The first-order valence-corrected chi connectivity index (χ1v) is 11.3. The Morgan fingerprint density at radius 2 is 1.79 bits per heavy atom. The standard InChI is InChI=1S/C25H29N3O4S/c1-17(26-25(30)27-22-10-6-8-18-7-4-5-9-21(18)22)24(29)28(13-14-33)16-19-11-12-20(31-2)15-23(19)32-3/h4-12,15,17,33H,13-14,16H2,1-3H3,(H2,26,27,30). The average Bonchev–Trinajstić information content (AvgIpc) is 2.83. The Balaban J connectivity index is 1.69. The molecule has 0 aromatic heterocycles. The number of nitrogens with zero attached hydrogens (tertiary/aromatic N) is 1. The zero-order chi connectivity index (χ0) is 23.8. The lowest BCUT2D eigenvalue weighted by molar-refractivity contribution is -0.133. The largest absolute Gasteiger partial charge is 0.497 e. The van der Waals surface area contributed by atoms with Crippen molar-refractivity contribution in [3.63, 3.8) is 0 Å². The van der Waals surface area contributed by atoms with Crippen LogP contribution in [0.3, 0.4) is 0 Å². The molecule has 2 N–H and O–H groups in total. The minimum Gasteiger partial charge on any atom is -0.497 e. The van der Waals surface area contributed by atoms with Gasteiger partial charge in [-0.1, -0.05) is 36.4 Å². The average molecular weight is 468 g/mol. The van der Waals surface area contributed by atoms with Crippen molar-refractivity contribution in [2.45, 2.75) is 19.5 Å². The van der Waals surface area contributed by atoms with Gasteiger partial charge in [0.05, 0.1) is 19.9 Å². The summed E-state index contributed by atoms with van der Waals surface area (Å²) in [4.78, 5) is 27.4. The smallest absolute Gasteiger partial charge is 0.319 e. The third-order valence-electron chi connectivity index (χ3n) is 5.29. The highest BCUT2D eigenvalue weighted by Crippen LogP contribution is 2.26. The number of ether oxygens (including phenoxy) is 2. The Hall–Kier alpha value is -3.39. The van der Waals surface area contributed by atoms with Gasteiger partial charge in [-0.25, -0.2) is 4.79 Å². The van der Waals surface area contributed by atoms with E-state index >= 15 is 0 Å². The second-order valence-corrected chi connectivity index (χ2v) is 7.96. The number of nitrogens with one attached hydrogen (secondary N) is 2. The topological polar surface area (TPSA) is 79.9 Å². The monoisotopic (exact) mass is 467 g/mol. The Bertz CT molecular complexity index is 1120. The van der Waals surface area contributed by atoms with E-state index in [4.69, 9.17) is 9.47 Å². The summed E-state index contributed by atoms with van der Waals surface area (Å²) < 4.78 is 10.7. The van der Waals surface area contributed by atoms with Gasteiger partial charge in [-0.3, -0.25) is 4.79 Å². The molecule has 0 radical (unpaired) electrons. The molecule has 33 heavy (non-hydrogen) atoms. The van der Waals surface area contributed by atoms with Gasteiger partial charge in [-0.15, -0.1) is 0 Å². The van der Waals surface area contributed by atoms with Gasteiger partial charge in [0.1, 0.15) is 17.5 Å². The fourth-order valence-corrected chi connectivity index (χ4v) is 3.84. The maximum Gasteiger partial charge on any atom is 0.319 e. The summed E-state index contributed by atoms with van der Waals surface area (Å²) in [5.74, 6) is 1.57. The quantitative estimate of drug-likeness (QED) is 0.410. The van der Waals surface area contributed by atoms with Crippen LogP contribution < -0.4 is 20.1 Å². The van der Waals surface area contributed by atoms with Crippen LogP contribution >= 0.6 is 12.6 Å². The second-order valence-electron chi connectivity index (χ2n) is 7.51. The number of carbonyl (C=O) groups excluding carboxylic acids is 2. The first-order valence-electron chi connectivity index (χ1n) is 10.6. The molecule has 0 fully saturated rings. The summed E-state index contributed by atoms with van der Waals surface area (Å²) in [7, 11) is 3.16. The van der Waals surface area contributed by atoms with Gasteiger partial charge in [0, 0.05) is 35.9 Å². The van der Waals surface area contributed by atoms with E-state index in [1.54, 1.807) is 32.1 Å². The fraction of sp³-hybridized carbons (Fsp3) is 0.280. The summed E-state index contributed by atoms with van der Waals surface area (Å²) in [5, 5.41) is 7.55. The van der Waals surface area contributed by atoms with Crippen molar-refractivity contribution in [3.05, 3.63) is 66.2 Å². The van der Waals surface area contributed by atoms with Crippen molar-refractivity contribution in [2.24, 2.45) is 0 Å². The second kappa shape index (κ2) is 11.5. The van der Waals surface area contributed by atoms with E-state index in [0.29, 0.717) is 36.0 Å². The maximum atomic E-state index is 13.1. The molecule has 7 nitrogen and oxygen atoms in total. The summed E-state index contributed by atoms with van der Waals surface area (Å²) in [6.45, 7) is 2.42. The van der Waals surface area contributed by atoms with E-state index < -0.39 is 12.1 Å². The number of urea groups is 1. The number of hydrogen-bond donors (Lipinski definition) is 3. The number of carbonyl (C=O) groups is 2. The number of hydrogen-bond acceptors (Lipinski definition) is 5. The number of benzene rings is 3. The molecule has 1 unspecified atom stereocenters. The van der Waals surface area contributed by atoms with Crippen LogP contribution in [0, 0.1) is 0 Å². The van der Waals surface area contributed by atoms with Crippen LogP contribution in [-0.4, -0.2) is 49.4 Å². The fourth-order valence-electron chi connectivity index (χ4n) is 3.60. The molecular formula is C25H29N3O4S. The van der Waals surface area contributed by atoms with Crippen molar-refractivity contribution < 1.29 is 19.1 Å². The molecule has 0 heterocycles. The van der Waals surface area contributed by atoms with Gasteiger partial charge in [-0.05, 0) is 30.5 Å². The van der Waals surface area contributed by atoms with Crippen LogP contribution in [0.1, 0.15) is 12.5 Å². The predicted molar refractivity (Wildman–Crippen MR) is 134 cm³/mol. The Morgan fingerprint density at radius 1 is 1.03 bits per heavy atom. The van der Waals surface area contributed by atoms with Crippen LogP contribution in [0.25, 0.3) is 10.8 Å². The van der Waals surface area contributed by atoms with Gasteiger partial charge in [0.25, 0.3) is 0 Å². The van der Waals surface area contributed by atoms with E-state index in [0.717, 1.165) is 16.3 Å². The lowest BCUT2D eigenvalue weighted by atomic mass is 10.1. The Kier molecular flexibility index (Phi) is 8.43. The first kappa shape index (κ1) is 24.3. The van der Waals surface area contributed by atoms with Crippen LogP contribution in [-0.2, 0) is 11.3 Å². The van der Waals surface area contributed by atoms with Crippen molar-refractivity contribution in [1.82, 2.24) is 10.2 Å². The minimum absolute atomic E-state index is 0.213. The van der Waals surface area contributed by atoms with Crippen molar-refractivity contribution in [3.8, 4) is 11.5 Å². The van der Waals surface area contributed by atoms with Crippen molar-refractivity contribution >= 4 is 41.0 Å². The predicted octanol–water partition coefficient (Wildman–Crippen LogP) is 4.33. The van der Waals surface area contributed by atoms with Gasteiger partial charge in [-0.2, -0.15) is 12.6 Å². The molecular weight excluding hydrogens is 438 g/mol. The summed E-state index contributed by atoms with van der Waals surface area (Å²) in [6.07, 6.45) is 0. The molecule has 3 amide bonds. The Labute approximate surface area is 199 Å². The van der Waals surface area contributed by atoms with Crippen LogP contribution in [0.2, 0.25) is 0 Å². The van der Waals surface area contributed by atoms with E-state index in [1.165, 1.54) is 0 Å². The lowest BCUT2D eigenvalue weighted by Gasteiger charge is -2.26. The molecule has 3 aromatic carbocycles. The number of methoxy groups -OCH3 is 2. The molecule has 0 saturated heterocycles. The summed E-state index contributed by atoms with van der Waals surface area (Å²) in [6, 6.07) is 17.8. The van der Waals surface area contributed by atoms with Crippen LogP contribution in [0.4, 0.5) is 10.5 Å². The third-order valence-corrected chi connectivity index (χ3v) is 5.49. The number of thiol groups is 1.